The Hall–Kier alpha value is -2.84. The highest BCUT2D eigenvalue weighted by Crippen LogP contribution is 2.27. The van der Waals surface area contributed by atoms with Gasteiger partial charge in [0, 0.05) is 35.7 Å². The molecule has 1 heterocycles. The molecule has 2 aromatic carbocycles. The minimum Gasteiger partial charge on any atom is -0.338 e. The second-order valence-electron chi connectivity index (χ2n) is 6.52. The molecule has 0 aliphatic carbocycles. The molecule has 1 aromatic heterocycles. The fourth-order valence-corrected chi connectivity index (χ4v) is 3.68. The molecule has 0 fully saturated rings. The second kappa shape index (κ2) is 10.3. The van der Waals surface area contributed by atoms with Crippen LogP contribution >= 0.6 is 22.9 Å². The van der Waals surface area contributed by atoms with Crippen LogP contribution in [0.5, 0.6) is 0 Å². The molecule has 0 saturated heterocycles. The molecule has 2 amide bonds. The minimum atomic E-state index is -0.470. The molecule has 30 heavy (non-hydrogen) atoms. The summed E-state index contributed by atoms with van der Waals surface area (Å²) in [7, 11) is 0. The lowest BCUT2D eigenvalue weighted by Crippen LogP contribution is -2.34. The molecule has 0 aliphatic rings. The van der Waals surface area contributed by atoms with Gasteiger partial charge in [-0.15, -0.1) is 10.2 Å². The average Bonchev–Trinajstić information content (AvgIpc) is 3.19. The van der Waals surface area contributed by atoms with Gasteiger partial charge in [-0.2, -0.15) is 0 Å². The largest absolute Gasteiger partial charge is 0.338 e. The fraction of sp³-hybridized carbons (Fsp3) is 0.238. The SMILES string of the molecule is CCCN(CCC(=O)Nc1nnc(-c2ccc(Cl)cc2)s1)C(=O)c1cccc(F)c1. The number of hydrogen-bond donors (Lipinski definition) is 1. The lowest BCUT2D eigenvalue weighted by molar-refractivity contribution is -0.116. The van der Waals surface area contributed by atoms with Gasteiger partial charge in [0.2, 0.25) is 11.0 Å². The van der Waals surface area contributed by atoms with Crippen molar-refractivity contribution in [3.63, 3.8) is 0 Å². The molecule has 0 spiro atoms. The Morgan fingerprint density at radius 2 is 1.90 bits per heavy atom. The highest BCUT2D eigenvalue weighted by molar-refractivity contribution is 7.18. The number of aromatic nitrogens is 2. The van der Waals surface area contributed by atoms with E-state index in [1.165, 1.54) is 29.5 Å². The van der Waals surface area contributed by atoms with Crippen LogP contribution in [0.4, 0.5) is 9.52 Å². The van der Waals surface area contributed by atoms with E-state index >= 15 is 0 Å². The van der Waals surface area contributed by atoms with E-state index in [1.54, 1.807) is 23.1 Å². The van der Waals surface area contributed by atoms with Crippen LogP contribution in [0.1, 0.15) is 30.1 Å². The van der Waals surface area contributed by atoms with E-state index in [9.17, 15) is 14.0 Å². The van der Waals surface area contributed by atoms with Gasteiger partial charge in [0.25, 0.3) is 5.91 Å². The van der Waals surface area contributed by atoms with Crippen molar-refractivity contribution in [1.82, 2.24) is 15.1 Å². The average molecular weight is 447 g/mol. The van der Waals surface area contributed by atoms with Gasteiger partial charge in [0.05, 0.1) is 0 Å². The minimum absolute atomic E-state index is 0.0942. The van der Waals surface area contributed by atoms with Crippen LogP contribution in [0.15, 0.2) is 48.5 Å². The monoisotopic (exact) mass is 446 g/mol. The zero-order valence-corrected chi connectivity index (χ0v) is 17.8. The van der Waals surface area contributed by atoms with Crippen molar-refractivity contribution in [3.8, 4) is 10.6 Å². The van der Waals surface area contributed by atoms with Gasteiger partial charge in [-0.05, 0) is 36.8 Å². The van der Waals surface area contributed by atoms with E-state index in [-0.39, 0.29) is 30.3 Å². The molecule has 156 valence electrons. The van der Waals surface area contributed by atoms with E-state index < -0.39 is 5.82 Å². The van der Waals surface area contributed by atoms with Crippen LogP contribution in [0.3, 0.4) is 0 Å². The lowest BCUT2D eigenvalue weighted by atomic mass is 10.2. The smallest absolute Gasteiger partial charge is 0.253 e. The van der Waals surface area contributed by atoms with Gasteiger partial charge in [-0.25, -0.2) is 4.39 Å². The van der Waals surface area contributed by atoms with Crippen molar-refractivity contribution < 1.29 is 14.0 Å². The molecule has 1 N–H and O–H groups in total. The Labute approximate surface area is 182 Å². The van der Waals surface area contributed by atoms with Crippen molar-refractivity contribution in [2.45, 2.75) is 19.8 Å². The Bertz CT molecular complexity index is 1030. The Balaban J connectivity index is 1.58. The zero-order chi connectivity index (χ0) is 21.5. The number of hydrogen-bond acceptors (Lipinski definition) is 5. The number of nitrogens with one attached hydrogen (secondary N) is 1. The normalized spacial score (nSPS) is 10.6. The highest BCUT2D eigenvalue weighted by atomic mass is 35.5. The molecular weight excluding hydrogens is 427 g/mol. The van der Waals surface area contributed by atoms with Crippen LogP contribution in [-0.4, -0.2) is 40.0 Å². The van der Waals surface area contributed by atoms with Crippen molar-refractivity contribution in [1.29, 1.82) is 0 Å². The van der Waals surface area contributed by atoms with E-state index in [0.717, 1.165) is 12.0 Å². The third kappa shape index (κ3) is 5.84. The summed E-state index contributed by atoms with van der Waals surface area (Å²) in [5, 5.41) is 12.5. The van der Waals surface area contributed by atoms with Gasteiger partial charge in [0.1, 0.15) is 10.8 Å². The molecule has 9 heteroatoms. The molecule has 0 bridgehead atoms. The first kappa shape index (κ1) is 21.9. The third-order valence-electron chi connectivity index (χ3n) is 4.22. The lowest BCUT2D eigenvalue weighted by Gasteiger charge is -2.22. The number of nitrogens with zero attached hydrogens (tertiary/aromatic N) is 3. The fourth-order valence-electron chi connectivity index (χ4n) is 2.79. The summed E-state index contributed by atoms with van der Waals surface area (Å²) in [6, 6.07) is 12.7. The summed E-state index contributed by atoms with van der Waals surface area (Å²) < 4.78 is 13.4. The summed E-state index contributed by atoms with van der Waals surface area (Å²) in [6.45, 7) is 2.63. The topological polar surface area (TPSA) is 75.2 Å². The Kier molecular flexibility index (Phi) is 7.48. The molecule has 3 rings (SSSR count). The first-order chi connectivity index (χ1) is 14.5. The van der Waals surface area contributed by atoms with Crippen LogP contribution in [0.2, 0.25) is 5.02 Å². The Morgan fingerprint density at radius 1 is 1.13 bits per heavy atom. The highest BCUT2D eigenvalue weighted by Gasteiger charge is 2.17. The molecular formula is C21H20ClFN4O2S. The molecule has 6 nitrogen and oxygen atoms in total. The van der Waals surface area contributed by atoms with Gasteiger partial charge < -0.3 is 10.2 Å². The number of halogens is 2. The number of rotatable bonds is 8. The quantitative estimate of drug-likeness (QED) is 0.535. The summed E-state index contributed by atoms with van der Waals surface area (Å²) in [5.41, 5.74) is 1.12. The van der Waals surface area contributed by atoms with Crippen LogP contribution < -0.4 is 5.32 Å². The molecule has 0 saturated carbocycles. The van der Waals surface area contributed by atoms with Crippen LogP contribution in [0.25, 0.3) is 10.6 Å². The standard InChI is InChI=1S/C21H20ClFN4O2S/c1-2-11-27(20(29)15-4-3-5-17(23)13-15)12-10-18(28)24-21-26-25-19(30-21)14-6-8-16(22)9-7-14/h3-9,13H,2,10-12H2,1H3,(H,24,26,28). The maximum atomic E-state index is 13.4. The van der Waals surface area contributed by atoms with Gasteiger partial charge in [0.15, 0.2) is 0 Å². The maximum Gasteiger partial charge on any atom is 0.253 e. The van der Waals surface area contributed by atoms with Crippen molar-refractivity contribution >= 4 is 39.9 Å². The van der Waals surface area contributed by atoms with E-state index in [1.807, 2.05) is 19.1 Å². The molecule has 0 aliphatic heterocycles. The van der Waals surface area contributed by atoms with Gasteiger partial charge in [-0.3, -0.25) is 9.59 Å². The number of carbonyl (C=O) groups excluding carboxylic acids is 2. The first-order valence-corrected chi connectivity index (χ1v) is 10.6. The molecule has 0 unspecified atom stereocenters. The number of amides is 2. The summed E-state index contributed by atoms with van der Waals surface area (Å²) >= 11 is 7.14. The third-order valence-corrected chi connectivity index (χ3v) is 5.36. The maximum absolute atomic E-state index is 13.4. The molecule has 0 atom stereocenters. The van der Waals surface area contributed by atoms with E-state index in [2.05, 4.69) is 15.5 Å². The summed E-state index contributed by atoms with van der Waals surface area (Å²) in [5.74, 6) is -1.05. The van der Waals surface area contributed by atoms with E-state index in [0.29, 0.717) is 21.7 Å². The molecule has 3 aromatic rings. The number of carbonyl (C=O) groups is 2. The molecule has 0 radical (unpaired) electrons. The first-order valence-electron chi connectivity index (χ1n) is 9.40. The van der Waals surface area contributed by atoms with Gasteiger partial charge >= 0.3 is 0 Å². The number of anilines is 1. The van der Waals surface area contributed by atoms with Crippen LogP contribution in [0, 0.1) is 5.82 Å². The predicted octanol–water partition coefficient (Wildman–Crippen LogP) is 4.88. The van der Waals surface area contributed by atoms with Gasteiger partial charge in [-0.1, -0.05) is 48.1 Å². The van der Waals surface area contributed by atoms with E-state index in [4.69, 9.17) is 11.6 Å². The van der Waals surface area contributed by atoms with Crippen molar-refractivity contribution in [2.24, 2.45) is 0 Å². The summed E-state index contributed by atoms with van der Waals surface area (Å²) in [6.07, 6.45) is 0.820. The zero-order valence-electron chi connectivity index (χ0n) is 16.3. The second-order valence-corrected chi connectivity index (χ2v) is 7.93. The van der Waals surface area contributed by atoms with Crippen LogP contribution in [-0.2, 0) is 4.79 Å². The predicted molar refractivity (Wildman–Crippen MR) is 116 cm³/mol. The Morgan fingerprint density at radius 3 is 2.60 bits per heavy atom. The van der Waals surface area contributed by atoms with Crippen molar-refractivity contribution in [2.75, 3.05) is 18.4 Å². The van der Waals surface area contributed by atoms with Crippen molar-refractivity contribution in [3.05, 3.63) is 64.9 Å². The summed E-state index contributed by atoms with van der Waals surface area (Å²) in [4.78, 5) is 26.5. The number of benzene rings is 2.